The van der Waals surface area contributed by atoms with Crippen molar-refractivity contribution in [2.75, 3.05) is 25.0 Å². The van der Waals surface area contributed by atoms with Crippen molar-refractivity contribution in [3.63, 3.8) is 0 Å². The molecule has 2 aromatic rings. The number of amides is 1. The first-order valence-electron chi connectivity index (χ1n) is 10.5. The van der Waals surface area contributed by atoms with E-state index in [4.69, 9.17) is 4.74 Å². The number of halogens is 1. The maximum Gasteiger partial charge on any atom is 0.238 e. The summed E-state index contributed by atoms with van der Waals surface area (Å²) in [7, 11) is 0. The molecule has 0 aromatic heterocycles. The minimum Gasteiger partial charge on any atom is -0.486 e. The number of aryl methyl sites for hydroxylation is 1. The minimum absolute atomic E-state index is 0.103. The molecular weight excluding hydrogens is 383 g/mol. The minimum atomic E-state index is -0.994. The van der Waals surface area contributed by atoms with Gasteiger partial charge >= 0.3 is 0 Å². The second-order valence-electron chi connectivity index (χ2n) is 8.66. The second-order valence-corrected chi connectivity index (χ2v) is 8.66. The van der Waals surface area contributed by atoms with Gasteiger partial charge in [-0.2, -0.15) is 0 Å². The summed E-state index contributed by atoms with van der Waals surface area (Å²) in [4.78, 5) is 14.5. The fourth-order valence-electron chi connectivity index (χ4n) is 3.96. The molecule has 6 heteroatoms. The predicted octanol–water partition coefficient (Wildman–Crippen LogP) is 4.00. The first kappa shape index (κ1) is 22.2. The lowest BCUT2D eigenvalue weighted by Gasteiger charge is -2.45. The zero-order chi connectivity index (χ0) is 21.7. The molecule has 1 amide bonds. The molecule has 0 radical (unpaired) electrons. The molecule has 1 aliphatic rings. The first-order valence-corrected chi connectivity index (χ1v) is 10.5. The molecule has 0 bridgehead atoms. The van der Waals surface area contributed by atoms with Crippen molar-refractivity contribution < 1.29 is 19.0 Å². The van der Waals surface area contributed by atoms with Gasteiger partial charge in [0.1, 0.15) is 23.3 Å². The smallest absolute Gasteiger partial charge is 0.238 e. The van der Waals surface area contributed by atoms with Gasteiger partial charge in [-0.05, 0) is 62.1 Å². The van der Waals surface area contributed by atoms with Crippen molar-refractivity contribution in [3.8, 4) is 5.75 Å². The standard InChI is InChI=1S/C24H31FN2O3/c1-17(2)14-24(29)12-13-27(15-22(24)30-21-10-6-19(25)7-11-21)16-23(28)26-20-8-4-18(3)5-9-20/h4-11,17,22,29H,12-16H2,1-3H3,(H,26,28)/t22-,24+/m0/s1. The van der Waals surface area contributed by atoms with Crippen LogP contribution in [-0.4, -0.2) is 47.3 Å². The van der Waals surface area contributed by atoms with Gasteiger partial charge in [0.15, 0.2) is 0 Å². The Balaban J connectivity index is 1.66. The monoisotopic (exact) mass is 414 g/mol. The number of nitrogens with zero attached hydrogens (tertiary/aromatic N) is 1. The van der Waals surface area contributed by atoms with E-state index in [2.05, 4.69) is 19.2 Å². The van der Waals surface area contributed by atoms with Crippen molar-refractivity contribution in [3.05, 3.63) is 59.9 Å². The van der Waals surface area contributed by atoms with E-state index in [9.17, 15) is 14.3 Å². The fourth-order valence-corrected chi connectivity index (χ4v) is 3.96. The van der Waals surface area contributed by atoms with Crippen LogP contribution in [0.5, 0.6) is 5.75 Å². The molecule has 162 valence electrons. The molecule has 3 rings (SSSR count). The number of likely N-dealkylation sites (tertiary alicyclic amines) is 1. The van der Waals surface area contributed by atoms with E-state index in [0.717, 1.165) is 11.3 Å². The van der Waals surface area contributed by atoms with Gasteiger partial charge in [0, 0.05) is 18.8 Å². The van der Waals surface area contributed by atoms with Gasteiger partial charge in [0.2, 0.25) is 5.91 Å². The van der Waals surface area contributed by atoms with Gasteiger partial charge in [0.25, 0.3) is 0 Å². The lowest BCUT2D eigenvalue weighted by atomic mass is 9.81. The molecule has 0 spiro atoms. The number of rotatable bonds is 7. The van der Waals surface area contributed by atoms with Crippen molar-refractivity contribution >= 4 is 11.6 Å². The molecule has 1 fully saturated rings. The van der Waals surface area contributed by atoms with Crippen LogP contribution in [0.2, 0.25) is 0 Å². The van der Waals surface area contributed by atoms with E-state index >= 15 is 0 Å². The van der Waals surface area contributed by atoms with Gasteiger partial charge in [-0.1, -0.05) is 31.5 Å². The summed E-state index contributed by atoms with van der Waals surface area (Å²) in [5.74, 6) is 0.367. The molecule has 2 atom stereocenters. The van der Waals surface area contributed by atoms with Crippen molar-refractivity contribution in [1.29, 1.82) is 0 Å². The molecule has 0 saturated carbocycles. The van der Waals surface area contributed by atoms with Crippen LogP contribution in [-0.2, 0) is 4.79 Å². The summed E-state index contributed by atoms with van der Waals surface area (Å²) in [6, 6.07) is 13.5. The Kier molecular flexibility index (Phi) is 7.10. The highest BCUT2D eigenvalue weighted by atomic mass is 19.1. The number of anilines is 1. The molecular formula is C24H31FN2O3. The SMILES string of the molecule is Cc1ccc(NC(=O)CN2CC[C@@](O)(CC(C)C)[C@@H](Oc3ccc(F)cc3)C2)cc1. The van der Waals surface area contributed by atoms with Crippen LogP contribution in [0.25, 0.3) is 0 Å². The first-order chi connectivity index (χ1) is 14.2. The average Bonchev–Trinajstić information content (AvgIpc) is 2.68. The van der Waals surface area contributed by atoms with Crippen LogP contribution in [0.3, 0.4) is 0 Å². The normalized spacial score (nSPS) is 22.1. The topological polar surface area (TPSA) is 61.8 Å². The Morgan fingerprint density at radius 1 is 1.23 bits per heavy atom. The largest absolute Gasteiger partial charge is 0.486 e. The van der Waals surface area contributed by atoms with Gasteiger partial charge < -0.3 is 15.2 Å². The third-order valence-corrected chi connectivity index (χ3v) is 5.44. The van der Waals surface area contributed by atoms with Crippen molar-refractivity contribution in [2.24, 2.45) is 5.92 Å². The number of hydrogen-bond acceptors (Lipinski definition) is 4. The number of carbonyl (C=O) groups excluding carboxylic acids is 1. The number of benzene rings is 2. The molecule has 2 aromatic carbocycles. The van der Waals surface area contributed by atoms with Gasteiger partial charge in [0.05, 0.1) is 6.54 Å². The Labute approximate surface area is 177 Å². The molecule has 30 heavy (non-hydrogen) atoms. The van der Waals surface area contributed by atoms with E-state index < -0.39 is 11.7 Å². The predicted molar refractivity (Wildman–Crippen MR) is 116 cm³/mol. The summed E-state index contributed by atoms with van der Waals surface area (Å²) in [5, 5.41) is 14.2. The lowest BCUT2D eigenvalue weighted by Crippen LogP contribution is -2.59. The average molecular weight is 415 g/mol. The van der Waals surface area contributed by atoms with Crippen LogP contribution in [0, 0.1) is 18.7 Å². The molecule has 0 unspecified atom stereocenters. The molecule has 1 aliphatic heterocycles. The zero-order valence-electron chi connectivity index (χ0n) is 17.9. The number of nitrogens with one attached hydrogen (secondary N) is 1. The zero-order valence-corrected chi connectivity index (χ0v) is 17.9. The molecule has 0 aliphatic carbocycles. The highest BCUT2D eigenvalue weighted by Gasteiger charge is 2.43. The van der Waals surface area contributed by atoms with Crippen LogP contribution in [0.4, 0.5) is 10.1 Å². The molecule has 5 nitrogen and oxygen atoms in total. The molecule has 1 heterocycles. The summed E-state index contributed by atoms with van der Waals surface area (Å²) in [5.41, 5.74) is 0.902. The second kappa shape index (κ2) is 9.58. The quantitative estimate of drug-likeness (QED) is 0.719. The third-order valence-electron chi connectivity index (χ3n) is 5.44. The summed E-state index contributed by atoms with van der Waals surface area (Å²) in [6.07, 6.45) is 0.600. The van der Waals surface area contributed by atoms with Crippen LogP contribution in [0.15, 0.2) is 48.5 Å². The maximum atomic E-state index is 13.2. The Hall–Kier alpha value is -2.44. The van der Waals surface area contributed by atoms with E-state index in [0.29, 0.717) is 37.6 Å². The van der Waals surface area contributed by atoms with E-state index in [1.807, 2.05) is 36.1 Å². The third kappa shape index (κ3) is 6.03. The Bertz CT molecular complexity index is 839. The lowest BCUT2D eigenvalue weighted by molar-refractivity contribution is -0.129. The van der Waals surface area contributed by atoms with E-state index in [-0.39, 0.29) is 18.3 Å². The van der Waals surface area contributed by atoms with E-state index in [1.165, 1.54) is 12.1 Å². The van der Waals surface area contributed by atoms with Crippen molar-refractivity contribution in [1.82, 2.24) is 4.90 Å². The van der Waals surface area contributed by atoms with Crippen LogP contribution < -0.4 is 10.1 Å². The van der Waals surface area contributed by atoms with Crippen LogP contribution in [0.1, 0.15) is 32.3 Å². The number of aliphatic hydroxyl groups is 1. The van der Waals surface area contributed by atoms with Crippen molar-refractivity contribution in [2.45, 2.75) is 45.3 Å². The summed E-state index contributed by atoms with van der Waals surface area (Å²) < 4.78 is 19.3. The summed E-state index contributed by atoms with van der Waals surface area (Å²) >= 11 is 0. The van der Waals surface area contributed by atoms with Gasteiger partial charge in [-0.25, -0.2) is 4.39 Å². The number of ether oxygens (including phenoxy) is 1. The maximum absolute atomic E-state index is 13.2. The summed E-state index contributed by atoms with van der Waals surface area (Å²) in [6.45, 7) is 7.37. The van der Waals surface area contributed by atoms with Gasteiger partial charge in [-0.15, -0.1) is 0 Å². The van der Waals surface area contributed by atoms with Gasteiger partial charge in [-0.3, -0.25) is 9.69 Å². The number of piperidine rings is 1. The fraction of sp³-hybridized carbons (Fsp3) is 0.458. The highest BCUT2D eigenvalue weighted by molar-refractivity contribution is 5.92. The van der Waals surface area contributed by atoms with E-state index in [1.54, 1.807) is 12.1 Å². The Morgan fingerprint density at radius 3 is 2.53 bits per heavy atom. The number of carbonyl (C=O) groups is 1. The number of hydrogen-bond donors (Lipinski definition) is 2. The Morgan fingerprint density at radius 2 is 1.90 bits per heavy atom. The molecule has 2 N–H and O–H groups in total. The molecule has 1 saturated heterocycles. The highest BCUT2D eigenvalue weighted by Crippen LogP contribution is 2.32. The van der Waals surface area contributed by atoms with Crippen LogP contribution >= 0.6 is 0 Å².